The monoisotopic (exact) mass is 591 g/mol. The molecular weight excluding hydrogens is 558 g/mol. The van der Waals surface area contributed by atoms with E-state index in [1.54, 1.807) is 17.8 Å². The van der Waals surface area contributed by atoms with Crippen LogP contribution in [0.3, 0.4) is 0 Å². The van der Waals surface area contributed by atoms with Gasteiger partial charge in [0.15, 0.2) is 0 Å². The third kappa shape index (κ3) is 4.53. The molecule has 0 bridgehead atoms. The average Bonchev–Trinajstić information content (AvgIpc) is 3.39. The van der Waals surface area contributed by atoms with Gasteiger partial charge < -0.3 is 24.0 Å². The number of methoxy groups -OCH3 is 1. The molecule has 1 amide bonds. The molecule has 0 unspecified atom stereocenters. The summed E-state index contributed by atoms with van der Waals surface area (Å²) in [6.07, 6.45) is 5.28. The summed E-state index contributed by atoms with van der Waals surface area (Å²) in [5.74, 6) is 2.41. The van der Waals surface area contributed by atoms with Crippen molar-refractivity contribution in [1.29, 1.82) is 5.26 Å². The summed E-state index contributed by atoms with van der Waals surface area (Å²) in [6.45, 7) is 8.57. The molecule has 8 rings (SSSR count). The first-order valence-electron chi connectivity index (χ1n) is 14.9. The highest BCUT2D eigenvalue weighted by Crippen LogP contribution is 2.42. The van der Waals surface area contributed by atoms with E-state index in [1.807, 2.05) is 59.8 Å². The van der Waals surface area contributed by atoms with Crippen LogP contribution in [0.2, 0.25) is 0 Å². The van der Waals surface area contributed by atoms with Gasteiger partial charge in [-0.05, 0) is 42.5 Å². The third-order valence-electron chi connectivity index (χ3n) is 9.43. The number of carbonyl (C=O) groups excluding carboxylic acids is 1. The normalized spacial score (nSPS) is 19.5. The highest BCUT2D eigenvalue weighted by atomic mass is 16.5. The molecule has 11 heteroatoms. The second-order valence-corrected chi connectivity index (χ2v) is 12.8. The first-order chi connectivity index (χ1) is 21.5. The van der Waals surface area contributed by atoms with Gasteiger partial charge in [-0.3, -0.25) is 9.69 Å². The highest BCUT2D eigenvalue weighted by molar-refractivity contribution is 5.95. The average molecular weight is 592 g/mol. The number of hydrogen-bond donors (Lipinski definition) is 0. The van der Waals surface area contributed by atoms with Crippen LogP contribution in [0.15, 0.2) is 61.1 Å². The molecule has 4 aliphatic heterocycles. The number of benzene rings is 1. The van der Waals surface area contributed by atoms with Crippen LogP contribution in [-0.2, 0) is 4.74 Å². The standard InChI is InChI=1S/C33H33N7O4/c1-42-26-5-2-23(3-6-26)31(41)39-19-32(20-39)17-38(18-32)29-7-4-24(12-35-29)28-10-27(14-40-30(28)25(11-34)13-36-40)44-9-8-37-15-33(16-37)21-43-22-33/h2-7,10,12-14H,8-9,15-22H2,1H3. The first-order valence-corrected chi connectivity index (χ1v) is 14.9. The highest BCUT2D eigenvalue weighted by Gasteiger charge is 2.53. The van der Waals surface area contributed by atoms with E-state index in [0.717, 1.165) is 87.2 Å². The fourth-order valence-corrected chi connectivity index (χ4v) is 7.09. The van der Waals surface area contributed by atoms with Crippen LogP contribution in [0.25, 0.3) is 16.6 Å². The molecule has 0 saturated carbocycles. The van der Waals surface area contributed by atoms with Crippen molar-refractivity contribution >= 4 is 17.2 Å². The minimum absolute atomic E-state index is 0.0612. The van der Waals surface area contributed by atoms with Gasteiger partial charge in [0, 0.05) is 79.5 Å². The van der Waals surface area contributed by atoms with Crippen LogP contribution in [0.1, 0.15) is 15.9 Å². The summed E-state index contributed by atoms with van der Waals surface area (Å²) in [4.78, 5) is 24.2. The minimum atomic E-state index is 0.0612. The van der Waals surface area contributed by atoms with Crippen LogP contribution >= 0.6 is 0 Å². The second kappa shape index (κ2) is 10.2. The van der Waals surface area contributed by atoms with E-state index in [1.165, 1.54) is 0 Å². The number of ether oxygens (including phenoxy) is 3. The fraction of sp³-hybridized carbons (Fsp3) is 0.394. The molecule has 44 heavy (non-hydrogen) atoms. The lowest BCUT2D eigenvalue weighted by Crippen LogP contribution is -2.73. The predicted octanol–water partition coefficient (Wildman–Crippen LogP) is 2.95. The summed E-state index contributed by atoms with van der Waals surface area (Å²) in [5.41, 5.74) is 4.20. The molecule has 3 aromatic heterocycles. The van der Waals surface area contributed by atoms with Crippen LogP contribution in [0.5, 0.6) is 11.5 Å². The van der Waals surface area contributed by atoms with Gasteiger partial charge in [0.05, 0.1) is 43.8 Å². The van der Waals surface area contributed by atoms with Crippen molar-refractivity contribution < 1.29 is 19.0 Å². The lowest BCUT2D eigenvalue weighted by atomic mass is 9.72. The molecule has 4 aliphatic rings. The molecule has 224 valence electrons. The van der Waals surface area contributed by atoms with Gasteiger partial charge in [0.2, 0.25) is 0 Å². The molecule has 4 fully saturated rings. The van der Waals surface area contributed by atoms with E-state index in [0.29, 0.717) is 28.9 Å². The Kier molecular flexibility index (Phi) is 6.25. The summed E-state index contributed by atoms with van der Waals surface area (Å²) in [5, 5.41) is 14.2. The molecular formula is C33H33N7O4. The van der Waals surface area contributed by atoms with Crippen LogP contribution < -0.4 is 14.4 Å². The Hall–Kier alpha value is -4.66. The quantitative estimate of drug-likeness (QED) is 0.306. The van der Waals surface area contributed by atoms with Gasteiger partial charge in [-0.25, -0.2) is 9.50 Å². The maximum absolute atomic E-state index is 12.9. The van der Waals surface area contributed by atoms with E-state index < -0.39 is 0 Å². The number of nitriles is 1. The maximum atomic E-state index is 12.9. The maximum Gasteiger partial charge on any atom is 0.253 e. The van der Waals surface area contributed by atoms with Gasteiger partial charge >= 0.3 is 0 Å². The summed E-state index contributed by atoms with van der Waals surface area (Å²) in [7, 11) is 1.62. The zero-order valence-corrected chi connectivity index (χ0v) is 24.6. The van der Waals surface area contributed by atoms with Crippen molar-refractivity contribution in [3.8, 4) is 28.7 Å². The number of hydrogen-bond acceptors (Lipinski definition) is 9. The summed E-state index contributed by atoms with van der Waals surface area (Å²) in [6, 6.07) is 15.6. The lowest BCUT2D eigenvalue weighted by molar-refractivity contribution is -0.189. The number of anilines is 1. The number of aromatic nitrogens is 3. The molecule has 7 heterocycles. The molecule has 4 aromatic rings. The van der Waals surface area contributed by atoms with Crippen molar-refractivity contribution in [3.63, 3.8) is 0 Å². The second-order valence-electron chi connectivity index (χ2n) is 12.8. The summed E-state index contributed by atoms with van der Waals surface area (Å²) < 4.78 is 18.5. The van der Waals surface area contributed by atoms with Gasteiger partial charge in [0.25, 0.3) is 5.91 Å². The smallest absolute Gasteiger partial charge is 0.253 e. The zero-order valence-electron chi connectivity index (χ0n) is 24.6. The van der Waals surface area contributed by atoms with E-state index in [-0.39, 0.29) is 11.3 Å². The number of rotatable bonds is 8. The van der Waals surface area contributed by atoms with Gasteiger partial charge in [-0.15, -0.1) is 0 Å². The number of pyridine rings is 2. The number of amides is 1. The third-order valence-corrected chi connectivity index (χ3v) is 9.43. The van der Waals surface area contributed by atoms with Crippen molar-refractivity contribution in [1.82, 2.24) is 24.4 Å². The Balaban J connectivity index is 0.914. The largest absolute Gasteiger partial charge is 0.497 e. The Bertz CT molecular complexity index is 1750. The Morgan fingerprint density at radius 1 is 1.00 bits per heavy atom. The molecule has 4 saturated heterocycles. The zero-order chi connectivity index (χ0) is 29.9. The number of nitrogens with zero attached hydrogens (tertiary/aromatic N) is 7. The lowest BCUT2D eigenvalue weighted by Gasteiger charge is -2.60. The summed E-state index contributed by atoms with van der Waals surface area (Å²) >= 11 is 0. The van der Waals surface area contributed by atoms with Crippen molar-refractivity contribution in [2.75, 3.05) is 77.6 Å². The minimum Gasteiger partial charge on any atom is -0.497 e. The predicted molar refractivity (Wildman–Crippen MR) is 162 cm³/mol. The Labute approximate surface area is 255 Å². The molecule has 0 radical (unpaired) electrons. The van der Waals surface area contributed by atoms with E-state index >= 15 is 0 Å². The van der Waals surface area contributed by atoms with Crippen LogP contribution in [-0.4, -0.2) is 103 Å². The molecule has 2 spiro atoms. The first kappa shape index (κ1) is 26.9. The molecule has 0 aliphatic carbocycles. The van der Waals surface area contributed by atoms with Crippen molar-refractivity contribution in [2.24, 2.45) is 10.8 Å². The van der Waals surface area contributed by atoms with Crippen LogP contribution in [0.4, 0.5) is 5.82 Å². The van der Waals surface area contributed by atoms with Crippen molar-refractivity contribution in [3.05, 3.63) is 72.2 Å². The number of fused-ring (bicyclic) bond motifs is 1. The molecule has 0 atom stereocenters. The molecule has 1 aromatic carbocycles. The van der Waals surface area contributed by atoms with Gasteiger partial charge in [-0.2, -0.15) is 10.4 Å². The van der Waals surface area contributed by atoms with E-state index in [9.17, 15) is 10.1 Å². The van der Waals surface area contributed by atoms with Crippen molar-refractivity contribution in [2.45, 2.75) is 0 Å². The molecule has 11 nitrogen and oxygen atoms in total. The topological polar surface area (TPSA) is 108 Å². The van der Waals surface area contributed by atoms with Crippen LogP contribution in [0, 0.1) is 22.2 Å². The Morgan fingerprint density at radius 3 is 2.45 bits per heavy atom. The molecule has 0 N–H and O–H groups in total. The van der Waals surface area contributed by atoms with E-state index in [4.69, 9.17) is 19.2 Å². The number of carbonyl (C=O) groups is 1. The number of likely N-dealkylation sites (tertiary alicyclic amines) is 2. The Morgan fingerprint density at radius 2 is 1.80 bits per heavy atom. The van der Waals surface area contributed by atoms with Gasteiger partial charge in [0.1, 0.15) is 30.0 Å². The van der Waals surface area contributed by atoms with Gasteiger partial charge in [-0.1, -0.05) is 0 Å². The van der Waals surface area contributed by atoms with E-state index in [2.05, 4.69) is 21.0 Å². The fourth-order valence-electron chi connectivity index (χ4n) is 7.09. The SMILES string of the molecule is COc1ccc(C(=O)N2CC3(C2)CN(c2ccc(-c4cc(OCCN5CC6(COC6)C5)cn5ncc(C#N)c45)cn2)C3)cc1.